The van der Waals surface area contributed by atoms with Gasteiger partial charge in [-0.3, -0.25) is 0 Å². The summed E-state index contributed by atoms with van der Waals surface area (Å²) in [6.07, 6.45) is 25.4. The Kier molecular flexibility index (Phi) is 6.10. The maximum Gasteiger partial charge on any atom is 0.416 e. The maximum absolute atomic E-state index is 13.9. The first-order valence-corrected chi connectivity index (χ1v) is 12.2. The van der Waals surface area contributed by atoms with Crippen LogP contribution in [-0.4, -0.2) is 9.13 Å². The first kappa shape index (κ1) is 24.1. The lowest BCUT2D eigenvalue weighted by molar-refractivity contribution is -0.706. The number of imidazole rings is 2. The fourth-order valence-corrected chi connectivity index (χ4v) is 4.95. The molecule has 2 aliphatic carbocycles. The van der Waals surface area contributed by atoms with E-state index in [1.165, 1.54) is 12.1 Å². The Morgan fingerprint density at radius 1 is 0.750 bits per heavy atom. The third kappa shape index (κ3) is 5.30. The zero-order valence-electron chi connectivity index (χ0n) is 20.6. The average Bonchev–Trinajstić information content (AvgIpc) is 3.48. The number of nitrogens with zero attached hydrogens (tertiary/aromatic N) is 4. The van der Waals surface area contributed by atoms with Gasteiger partial charge < -0.3 is 0 Å². The Balaban J connectivity index is 1.44. The maximum atomic E-state index is 13.9. The van der Waals surface area contributed by atoms with E-state index in [0.29, 0.717) is 11.4 Å². The minimum absolute atomic E-state index is 0.0245. The van der Waals surface area contributed by atoms with Crippen LogP contribution in [0.5, 0.6) is 0 Å². The molecule has 7 heteroatoms. The smallest absolute Gasteiger partial charge is 0.236 e. The molecule has 0 bridgehead atoms. The van der Waals surface area contributed by atoms with E-state index in [1.807, 2.05) is 70.9 Å². The molecule has 0 saturated heterocycles. The van der Waals surface area contributed by atoms with Crippen molar-refractivity contribution in [1.29, 1.82) is 0 Å². The van der Waals surface area contributed by atoms with Crippen LogP contribution in [0.25, 0.3) is 11.4 Å². The fraction of sp³-hybridized carbons (Fsp3) is 0.310. The van der Waals surface area contributed by atoms with Crippen molar-refractivity contribution in [2.75, 3.05) is 0 Å². The number of allylic oxidation sites excluding steroid dienone is 8. The van der Waals surface area contributed by atoms with Gasteiger partial charge in [0.1, 0.15) is 36.2 Å². The average molecular weight is 493 g/mol. The number of hydrogen-bond acceptors (Lipinski definition) is 0. The van der Waals surface area contributed by atoms with Crippen molar-refractivity contribution in [2.24, 2.45) is 10.8 Å². The van der Waals surface area contributed by atoms with Gasteiger partial charge in [-0.1, -0.05) is 62.5 Å². The lowest BCUT2D eigenvalue weighted by Gasteiger charge is -2.23. The molecule has 2 aromatic heterocycles. The van der Waals surface area contributed by atoms with Gasteiger partial charge in [0.25, 0.3) is 0 Å². The van der Waals surface area contributed by atoms with Gasteiger partial charge in [-0.15, -0.1) is 0 Å². The van der Waals surface area contributed by atoms with Crippen LogP contribution in [0.15, 0.2) is 104 Å². The predicted molar refractivity (Wildman–Crippen MR) is 132 cm³/mol. The fourth-order valence-electron chi connectivity index (χ4n) is 4.95. The molecule has 0 saturated carbocycles. The lowest BCUT2D eigenvalue weighted by Crippen LogP contribution is -2.40. The highest BCUT2D eigenvalue weighted by Crippen LogP contribution is 2.33. The van der Waals surface area contributed by atoms with E-state index < -0.39 is 11.7 Å². The molecule has 0 amide bonds. The Morgan fingerprint density at radius 3 is 1.61 bits per heavy atom. The summed E-state index contributed by atoms with van der Waals surface area (Å²) in [6, 6.07) is 4.20. The summed E-state index contributed by atoms with van der Waals surface area (Å²) in [7, 11) is 0. The normalized spacial score (nSPS) is 23.5. The second-order valence-corrected chi connectivity index (χ2v) is 10.5. The second kappa shape index (κ2) is 9.12. The molecule has 0 N–H and O–H groups in total. The van der Waals surface area contributed by atoms with Crippen LogP contribution in [0.4, 0.5) is 13.2 Å². The summed E-state index contributed by atoms with van der Waals surface area (Å²) in [6.45, 7) is 5.85. The molecule has 5 rings (SSSR count). The van der Waals surface area contributed by atoms with E-state index in [0.717, 1.165) is 25.9 Å². The van der Waals surface area contributed by atoms with Crippen LogP contribution in [0.2, 0.25) is 0 Å². The number of rotatable bonds is 6. The van der Waals surface area contributed by atoms with Gasteiger partial charge in [0, 0.05) is 16.9 Å². The van der Waals surface area contributed by atoms with Crippen molar-refractivity contribution in [1.82, 2.24) is 9.13 Å². The molecular weight excluding hydrogens is 461 g/mol. The Morgan fingerprint density at radius 2 is 1.22 bits per heavy atom. The topological polar surface area (TPSA) is 17.6 Å². The summed E-state index contributed by atoms with van der Waals surface area (Å²) in [4.78, 5) is 0. The van der Waals surface area contributed by atoms with E-state index in [9.17, 15) is 13.2 Å². The molecule has 36 heavy (non-hydrogen) atoms. The highest BCUT2D eigenvalue weighted by molar-refractivity contribution is 5.48. The largest absolute Gasteiger partial charge is 0.416 e. The standard InChI is InChI=1S/C29H31F3N4/c1-27(9-5-3-6-10-27)20-33-13-15-35(22-33)25-17-24(29(30,31)32)18-26(19-25)36-16-14-34(23-36)21-28(2)11-7-4-8-12-28/h3-9,11,13-19,22-23H,10,12,20-21H2,1-2H3/q+2. The zero-order chi connectivity index (χ0) is 25.4. The molecule has 2 heterocycles. The van der Waals surface area contributed by atoms with Crippen molar-refractivity contribution in [2.45, 2.75) is 46.0 Å². The molecule has 2 unspecified atom stereocenters. The van der Waals surface area contributed by atoms with E-state index >= 15 is 0 Å². The number of halogens is 3. The van der Waals surface area contributed by atoms with Crippen LogP contribution >= 0.6 is 0 Å². The highest BCUT2D eigenvalue weighted by atomic mass is 19.4. The third-order valence-corrected chi connectivity index (χ3v) is 6.96. The first-order chi connectivity index (χ1) is 17.1. The van der Waals surface area contributed by atoms with Crippen LogP contribution in [-0.2, 0) is 19.3 Å². The highest BCUT2D eigenvalue weighted by Gasteiger charge is 2.33. The Hall–Kier alpha value is -3.61. The summed E-state index contributed by atoms with van der Waals surface area (Å²) in [5.41, 5.74) is 0.216. The predicted octanol–water partition coefficient (Wildman–Crippen LogP) is 5.91. The number of benzene rings is 1. The van der Waals surface area contributed by atoms with E-state index in [2.05, 4.69) is 38.2 Å². The molecule has 3 aromatic rings. The van der Waals surface area contributed by atoms with Gasteiger partial charge in [0.05, 0.1) is 18.7 Å². The van der Waals surface area contributed by atoms with Gasteiger partial charge in [0.15, 0.2) is 0 Å². The molecule has 1 aromatic carbocycles. The molecule has 0 radical (unpaired) electrons. The van der Waals surface area contributed by atoms with Crippen molar-refractivity contribution in [3.63, 3.8) is 0 Å². The summed E-state index contributed by atoms with van der Waals surface area (Å²) in [5, 5.41) is 0. The van der Waals surface area contributed by atoms with E-state index in [1.54, 1.807) is 15.2 Å². The monoisotopic (exact) mass is 492 g/mol. The number of alkyl halides is 3. The van der Waals surface area contributed by atoms with Crippen LogP contribution < -0.4 is 9.13 Å². The molecule has 4 nitrogen and oxygen atoms in total. The Labute approximate surface area is 209 Å². The Bertz CT molecular complexity index is 1280. The first-order valence-electron chi connectivity index (χ1n) is 12.2. The molecule has 2 atom stereocenters. The molecule has 0 fully saturated rings. The van der Waals surface area contributed by atoms with Crippen molar-refractivity contribution >= 4 is 0 Å². The van der Waals surface area contributed by atoms with Crippen LogP contribution in [0.1, 0.15) is 32.3 Å². The van der Waals surface area contributed by atoms with Crippen LogP contribution in [0, 0.1) is 10.8 Å². The summed E-state index contributed by atoms with van der Waals surface area (Å²) >= 11 is 0. The molecule has 0 spiro atoms. The van der Waals surface area contributed by atoms with E-state index in [-0.39, 0.29) is 10.8 Å². The van der Waals surface area contributed by atoms with Gasteiger partial charge in [-0.05, 0) is 25.0 Å². The van der Waals surface area contributed by atoms with Crippen molar-refractivity contribution in [3.05, 3.63) is 110 Å². The molecule has 2 aliphatic rings. The van der Waals surface area contributed by atoms with E-state index in [4.69, 9.17) is 0 Å². The van der Waals surface area contributed by atoms with Gasteiger partial charge in [0.2, 0.25) is 12.7 Å². The minimum atomic E-state index is -4.45. The molecular formula is C29H31F3N4+2. The second-order valence-electron chi connectivity index (χ2n) is 10.5. The lowest BCUT2D eigenvalue weighted by atomic mass is 9.84. The van der Waals surface area contributed by atoms with Gasteiger partial charge >= 0.3 is 6.18 Å². The SMILES string of the molecule is CC1(C[n+]2ccn(-c3cc(-n4cc[n+](CC5(C)C=CC=CC5)c4)cc(C(F)(F)F)c3)c2)C=CC=CC1. The van der Waals surface area contributed by atoms with Gasteiger partial charge in [-0.25, -0.2) is 18.3 Å². The number of hydrogen-bond donors (Lipinski definition) is 0. The zero-order valence-corrected chi connectivity index (χ0v) is 20.6. The minimum Gasteiger partial charge on any atom is -0.236 e. The van der Waals surface area contributed by atoms with Crippen molar-refractivity contribution < 1.29 is 22.3 Å². The van der Waals surface area contributed by atoms with Crippen molar-refractivity contribution in [3.8, 4) is 11.4 Å². The molecule has 0 aliphatic heterocycles. The van der Waals surface area contributed by atoms with Crippen LogP contribution in [0.3, 0.4) is 0 Å². The number of aromatic nitrogens is 4. The summed E-state index contributed by atoms with van der Waals surface area (Å²) < 4.78 is 49.1. The summed E-state index contributed by atoms with van der Waals surface area (Å²) in [5.74, 6) is 0. The third-order valence-electron chi connectivity index (χ3n) is 6.96. The quantitative estimate of drug-likeness (QED) is 0.381. The molecule has 186 valence electrons. The van der Waals surface area contributed by atoms with Gasteiger partial charge in [-0.2, -0.15) is 13.2 Å².